The lowest BCUT2D eigenvalue weighted by Gasteiger charge is -2.30. The molecule has 1 aliphatic rings. The normalized spacial score (nSPS) is 22.1. The van der Waals surface area contributed by atoms with Crippen molar-refractivity contribution in [2.75, 3.05) is 6.61 Å². The summed E-state index contributed by atoms with van der Waals surface area (Å²) in [5.41, 5.74) is 0.550. The van der Waals surface area contributed by atoms with E-state index in [0.29, 0.717) is 18.6 Å². The van der Waals surface area contributed by atoms with Crippen molar-refractivity contribution in [1.29, 1.82) is 0 Å². The van der Waals surface area contributed by atoms with E-state index in [1.54, 1.807) is 6.08 Å². The van der Waals surface area contributed by atoms with Gasteiger partial charge in [-0.15, -0.1) is 6.58 Å². The van der Waals surface area contributed by atoms with Crippen LogP contribution in [0, 0.1) is 11.7 Å². The summed E-state index contributed by atoms with van der Waals surface area (Å²) in [6, 6.07) is 4.73. The Kier molecular flexibility index (Phi) is 5.87. The standard InChI is InChI=1S/C17H20FNO4/c1-2-15-13(4-3-9-23-15)17(22)19-14(10-16(20)21)11-5-7-12(18)8-6-11/h2,5-8,13-15H,1,3-4,9-10H2,(H,19,22)(H,20,21)/t13-,14?,15+/m1/s1. The Morgan fingerprint density at radius 2 is 2.13 bits per heavy atom. The number of ether oxygens (including phenoxy) is 1. The molecule has 1 unspecified atom stereocenters. The minimum atomic E-state index is -1.04. The van der Waals surface area contributed by atoms with Gasteiger partial charge in [0.25, 0.3) is 0 Å². The quantitative estimate of drug-likeness (QED) is 0.789. The van der Waals surface area contributed by atoms with Crippen molar-refractivity contribution in [1.82, 2.24) is 5.32 Å². The fourth-order valence-electron chi connectivity index (χ4n) is 2.72. The number of carbonyl (C=O) groups excluding carboxylic acids is 1. The van der Waals surface area contributed by atoms with Crippen molar-refractivity contribution in [2.45, 2.75) is 31.4 Å². The maximum atomic E-state index is 13.0. The van der Waals surface area contributed by atoms with Crippen LogP contribution in [-0.4, -0.2) is 29.7 Å². The van der Waals surface area contributed by atoms with Crippen LogP contribution >= 0.6 is 0 Å². The van der Waals surface area contributed by atoms with Gasteiger partial charge in [-0.2, -0.15) is 0 Å². The number of benzene rings is 1. The monoisotopic (exact) mass is 321 g/mol. The van der Waals surface area contributed by atoms with Gasteiger partial charge < -0.3 is 15.2 Å². The molecule has 0 aromatic heterocycles. The average Bonchev–Trinajstić information content (AvgIpc) is 2.54. The molecule has 1 amide bonds. The van der Waals surface area contributed by atoms with Crippen LogP contribution in [-0.2, 0) is 14.3 Å². The van der Waals surface area contributed by atoms with Crippen molar-refractivity contribution < 1.29 is 23.8 Å². The Balaban J connectivity index is 2.13. The van der Waals surface area contributed by atoms with Gasteiger partial charge in [0.05, 0.1) is 24.5 Å². The van der Waals surface area contributed by atoms with Crippen molar-refractivity contribution >= 4 is 11.9 Å². The van der Waals surface area contributed by atoms with E-state index < -0.39 is 23.7 Å². The van der Waals surface area contributed by atoms with E-state index in [-0.39, 0.29) is 18.4 Å². The molecule has 6 heteroatoms. The van der Waals surface area contributed by atoms with Crippen LogP contribution in [0.3, 0.4) is 0 Å². The number of nitrogens with one attached hydrogen (secondary N) is 1. The number of hydrogen-bond donors (Lipinski definition) is 2. The van der Waals surface area contributed by atoms with Gasteiger partial charge in [-0.25, -0.2) is 4.39 Å². The van der Waals surface area contributed by atoms with Crippen LogP contribution in [0.15, 0.2) is 36.9 Å². The van der Waals surface area contributed by atoms with E-state index in [2.05, 4.69) is 11.9 Å². The lowest BCUT2D eigenvalue weighted by atomic mass is 9.92. The Morgan fingerprint density at radius 1 is 1.43 bits per heavy atom. The maximum Gasteiger partial charge on any atom is 0.305 e. The molecule has 1 aliphatic heterocycles. The molecule has 1 fully saturated rings. The number of hydrogen-bond acceptors (Lipinski definition) is 3. The molecular formula is C17H20FNO4. The predicted molar refractivity (Wildman–Crippen MR) is 82.2 cm³/mol. The SMILES string of the molecule is C=C[C@@H]1OCCC[C@H]1C(=O)NC(CC(=O)O)c1ccc(F)cc1. The first-order chi connectivity index (χ1) is 11.0. The molecule has 0 aliphatic carbocycles. The Bertz CT molecular complexity index is 572. The Morgan fingerprint density at radius 3 is 2.74 bits per heavy atom. The average molecular weight is 321 g/mol. The minimum Gasteiger partial charge on any atom is -0.481 e. The highest BCUT2D eigenvalue weighted by molar-refractivity contribution is 5.81. The van der Waals surface area contributed by atoms with E-state index in [1.807, 2.05) is 0 Å². The predicted octanol–water partition coefficient (Wildman–Crippen LogP) is 2.44. The first kappa shape index (κ1) is 17.1. The molecule has 2 rings (SSSR count). The lowest BCUT2D eigenvalue weighted by molar-refractivity contribution is -0.138. The van der Waals surface area contributed by atoms with Crippen molar-refractivity contribution in [3.8, 4) is 0 Å². The van der Waals surface area contributed by atoms with Gasteiger partial charge >= 0.3 is 5.97 Å². The molecular weight excluding hydrogens is 301 g/mol. The number of halogens is 1. The highest BCUT2D eigenvalue weighted by atomic mass is 19.1. The summed E-state index contributed by atoms with van der Waals surface area (Å²) in [4.78, 5) is 23.6. The molecule has 0 radical (unpaired) electrons. The largest absolute Gasteiger partial charge is 0.481 e. The Labute approximate surface area is 134 Å². The van der Waals surface area contributed by atoms with Crippen molar-refractivity contribution in [3.05, 3.63) is 48.3 Å². The number of amides is 1. The van der Waals surface area contributed by atoms with E-state index in [0.717, 1.165) is 6.42 Å². The summed E-state index contributed by atoms with van der Waals surface area (Å²) < 4.78 is 18.5. The molecule has 1 heterocycles. The van der Waals surface area contributed by atoms with Gasteiger partial charge in [-0.1, -0.05) is 18.2 Å². The van der Waals surface area contributed by atoms with E-state index in [9.17, 15) is 14.0 Å². The second-order valence-corrected chi connectivity index (χ2v) is 5.53. The van der Waals surface area contributed by atoms with Crippen LogP contribution in [0.5, 0.6) is 0 Å². The third-order valence-corrected chi connectivity index (χ3v) is 3.90. The van der Waals surface area contributed by atoms with Gasteiger partial charge in [0, 0.05) is 6.61 Å². The van der Waals surface area contributed by atoms with E-state index >= 15 is 0 Å². The molecule has 0 spiro atoms. The van der Waals surface area contributed by atoms with Crippen LogP contribution < -0.4 is 5.32 Å². The van der Waals surface area contributed by atoms with Gasteiger partial charge in [0.1, 0.15) is 5.82 Å². The molecule has 124 valence electrons. The van der Waals surface area contributed by atoms with Crippen LogP contribution in [0.4, 0.5) is 4.39 Å². The minimum absolute atomic E-state index is 0.273. The molecule has 1 aromatic rings. The van der Waals surface area contributed by atoms with Crippen molar-refractivity contribution in [3.63, 3.8) is 0 Å². The summed E-state index contributed by atoms with van der Waals surface area (Å²) >= 11 is 0. The fourth-order valence-corrected chi connectivity index (χ4v) is 2.72. The molecule has 1 saturated heterocycles. The van der Waals surface area contributed by atoms with Gasteiger partial charge in [0.15, 0.2) is 0 Å². The first-order valence-corrected chi connectivity index (χ1v) is 7.53. The summed E-state index contributed by atoms with van der Waals surface area (Å²) in [7, 11) is 0. The van der Waals surface area contributed by atoms with E-state index in [1.165, 1.54) is 24.3 Å². The second-order valence-electron chi connectivity index (χ2n) is 5.53. The fraction of sp³-hybridized carbons (Fsp3) is 0.412. The topological polar surface area (TPSA) is 75.6 Å². The van der Waals surface area contributed by atoms with Gasteiger partial charge in [-0.05, 0) is 30.5 Å². The van der Waals surface area contributed by atoms with Crippen LogP contribution in [0.1, 0.15) is 30.9 Å². The number of carbonyl (C=O) groups is 2. The number of aliphatic carboxylic acids is 1. The summed E-state index contributed by atoms with van der Waals surface area (Å²) in [5, 5.41) is 11.8. The first-order valence-electron chi connectivity index (χ1n) is 7.53. The molecule has 0 saturated carbocycles. The third-order valence-electron chi connectivity index (χ3n) is 3.90. The van der Waals surface area contributed by atoms with Crippen molar-refractivity contribution in [2.24, 2.45) is 5.92 Å². The number of carboxylic acid groups (broad SMARTS) is 1. The highest BCUT2D eigenvalue weighted by Crippen LogP contribution is 2.24. The molecule has 3 atom stereocenters. The van der Waals surface area contributed by atoms with Gasteiger partial charge in [-0.3, -0.25) is 9.59 Å². The Hall–Kier alpha value is -2.21. The zero-order chi connectivity index (χ0) is 16.8. The van der Waals surface area contributed by atoms with Crippen LogP contribution in [0.2, 0.25) is 0 Å². The van der Waals surface area contributed by atoms with Gasteiger partial charge in [0.2, 0.25) is 5.91 Å². The molecule has 0 bridgehead atoms. The second kappa shape index (κ2) is 7.87. The maximum absolute atomic E-state index is 13.0. The molecule has 1 aromatic carbocycles. The molecule has 23 heavy (non-hydrogen) atoms. The summed E-state index contributed by atoms with van der Waals surface area (Å²) in [6.45, 7) is 4.25. The number of rotatable bonds is 6. The zero-order valence-corrected chi connectivity index (χ0v) is 12.7. The smallest absolute Gasteiger partial charge is 0.305 e. The zero-order valence-electron chi connectivity index (χ0n) is 12.7. The number of carboxylic acids is 1. The third kappa shape index (κ3) is 4.63. The van der Waals surface area contributed by atoms with Crippen LogP contribution in [0.25, 0.3) is 0 Å². The lowest BCUT2D eigenvalue weighted by Crippen LogP contribution is -2.42. The summed E-state index contributed by atoms with van der Waals surface area (Å²) in [6.07, 6.45) is 2.37. The van der Waals surface area contributed by atoms with E-state index in [4.69, 9.17) is 9.84 Å². The molecule has 2 N–H and O–H groups in total. The molecule has 5 nitrogen and oxygen atoms in total. The summed E-state index contributed by atoms with van der Waals surface area (Å²) in [5.74, 6) is -2.12. The highest BCUT2D eigenvalue weighted by Gasteiger charge is 2.31.